The molecule has 0 aromatic heterocycles. The van der Waals surface area contributed by atoms with E-state index >= 15 is 0 Å². The maximum absolute atomic E-state index is 9.70. The van der Waals surface area contributed by atoms with Gasteiger partial charge in [0, 0.05) is 14.0 Å². The summed E-state index contributed by atoms with van der Waals surface area (Å²) in [5.41, 5.74) is 0. The lowest BCUT2D eigenvalue weighted by Crippen LogP contribution is -2.11. The maximum Gasteiger partial charge on any atom is 0.216 e. The molecule has 84 valence electrons. The third-order valence-corrected chi connectivity index (χ3v) is 1.02. The molecule has 1 N–H and O–H groups in total. The Morgan fingerprint density at radius 3 is 1.00 bits per heavy atom. The third kappa shape index (κ3) is 32.8. The highest BCUT2D eigenvalue weighted by atomic mass is 16.1. The van der Waals surface area contributed by atoms with Gasteiger partial charge in [-0.15, -0.1) is 0 Å². The fourth-order valence-corrected chi connectivity index (χ4v) is 0.385. The molecule has 1 aromatic rings. The van der Waals surface area contributed by atoms with Crippen LogP contribution in [0.2, 0.25) is 0 Å². The molecular weight excluding hydrogens is 190 g/mol. The number of carbonyl (C=O) groups is 2. The van der Waals surface area contributed by atoms with E-state index in [4.69, 9.17) is 0 Å². The molecule has 1 amide bonds. The van der Waals surface area contributed by atoms with Crippen molar-refractivity contribution in [3.8, 4) is 0 Å². The largest absolute Gasteiger partial charge is 0.359 e. The van der Waals surface area contributed by atoms with Crippen molar-refractivity contribution < 1.29 is 9.59 Å². The fraction of sp³-hybridized carbons (Fsp3) is 0.333. The second kappa shape index (κ2) is 12.4. The van der Waals surface area contributed by atoms with Crippen molar-refractivity contribution in [2.24, 2.45) is 0 Å². The summed E-state index contributed by atoms with van der Waals surface area (Å²) in [6.45, 7) is 4.53. The number of amides is 1. The number of hydrogen-bond acceptors (Lipinski definition) is 2. The van der Waals surface area contributed by atoms with Gasteiger partial charge in [0.15, 0.2) is 0 Å². The fourth-order valence-electron chi connectivity index (χ4n) is 0.385. The number of rotatable bonds is 0. The lowest BCUT2D eigenvalue weighted by molar-refractivity contribution is -0.118. The molecule has 0 spiro atoms. The van der Waals surface area contributed by atoms with Gasteiger partial charge in [0.1, 0.15) is 5.78 Å². The van der Waals surface area contributed by atoms with Gasteiger partial charge in [-0.25, -0.2) is 0 Å². The zero-order valence-electron chi connectivity index (χ0n) is 9.78. The predicted molar refractivity (Wildman–Crippen MR) is 62.5 cm³/mol. The van der Waals surface area contributed by atoms with Crippen molar-refractivity contribution >= 4 is 11.7 Å². The van der Waals surface area contributed by atoms with E-state index in [9.17, 15) is 9.59 Å². The van der Waals surface area contributed by atoms with Gasteiger partial charge in [0.05, 0.1) is 0 Å². The van der Waals surface area contributed by atoms with Gasteiger partial charge in [-0.2, -0.15) is 0 Å². The average Bonchev–Trinajstić information content (AvgIpc) is 2.20. The Balaban J connectivity index is 0. The molecule has 0 saturated heterocycles. The second-order valence-corrected chi connectivity index (χ2v) is 2.87. The minimum atomic E-state index is 0.00463. The second-order valence-electron chi connectivity index (χ2n) is 2.87. The highest BCUT2D eigenvalue weighted by Crippen LogP contribution is 1.79. The van der Waals surface area contributed by atoms with E-state index in [1.54, 1.807) is 7.05 Å². The molecule has 3 nitrogen and oxygen atoms in total. The van der Waals surface area contributed by atoms with Crippen LogP contribution in [0.25, 0.3) is 0 Å². The van der Waals surface area contributed by atoms with Crippen LogP contribution in [0.5, 0.6) is 0 Å². The maximum atomic E-state index is 9.70. The van der Waals surface area contributed by atoms with E-state index < -0.39 is 0 Å². The van der Waals surface area contributed by atoms with Crippen molar-refractivity contribution in [1.29, 1.82) is 0 Å². The van der Waals surface area contributed by atoms with Crippen LogP contribution in [0.4, 0.5) is 0 Å². The van der Waals surface area contributed by atoms with Crippen LogP contribution in [-0.4, -0.2) is 18.7 Å². The molecule has 1 aromatic carbocycles. The van der Waals surface area contributed by atoms with Crippen LogP contribution in [0.1, 0.15) is 20.8 Å². The quantitative estimate of drug-likeness (QED) is 0.710. The molecule has 0 bridgehead atoms. The first-order valence-corrected chi connectivity index (χ1v) is 4.66. The number of carbonyl (C=O) groups excluding carboxylic acids is 2. The van der Waals surface area contributed by atoms with Crippen LogP contribution in [0, 0.1) is 0 Å². The van der Waals surface area contributed by atoms with Crippen LogP contribution in [-0.2, 0) is 9.59 Å². The van der Waals surface area contributed by atoms with Gasteiger partial charge in [-0.3, -0.25) is 4.79 Å². The molecular formula is C12H19NO2. The lowest BCUT2D eigenvalue weighted by atomic mass is 10.4. The Hall–Kier alpha value is -1.64. The lowest BCUT2D eigenvalue weighted by Gasteiger charge is -1.80. The molecule has 3 heteroatoms. The topological polar surface area (TPSA) is 46.2 Å². The van der Waals surface area contributed by atoms with Crippen molar-refractivity contribution in [3.05, 3.63) is 36.4 Å². The van der Waals surface area contributed by atoms with E-state index in [1.807, 2.05) is 36.4 Å². The van der Waals surface area contributed by atoms with Crippen molar-refractivity contribution in [3.63, 3.8) is 0 Å². The molecule has 0 atom stereocenters. The van der Waals surface area contributed by atoms with Crippen LogP contribution >= 0.6 is 0 Å². The van der Waals surface area contributed by atoms with E-state index in [-0.39, 0.29) is 11.7 Å². The monoisotopic (exact) mass is 209 g/mol. The summed E-state index contributed by atoms with van der Waals surface area (Å²) in [4.78, 5) is 19.1. The van der Waals surface area contributed by atoms with E-state index in [1.165, 1.54) is 20.8 Å². The Labute approximate surface area is 91.5 Å². The molecule has 0 aliphatic heterocycles. The minimum absolute atomic E-state index is 0.00463. The summed E-state index contributed by atoms with van der Waals surface area (Å²) in [5, 5.41) is 2.39. The third-order valence-electron chi connectivity index (χ3n) is 1.02. The molecule has 1 rings (SSSR count). The summed E-state index contributed by atoms with van der Waals surface area (Å²) in [6.07, 6.45) is 0. The number of hydrogen-bond donors (Lipinski definition) is 1. The Morgan fingerprint density at radius 2 is 0.933 bits per heavy atom. The zero-order chi connectivity index (χ0) is 12.1. The molecule has 0 aliphatic rings. The van der Waals surface area contributed by atoms with Crippen LogP contribution in [0.15, 0.2) is 36.4 Å². The van der Waals surface area contributed by atoms with Crippen molar-refractivity contribution in [2.45, 2.75) is 20.8 Å². The summed E-state index contributed by atoms with van der Waals surface area (Å²) in [5.74, 6) is 0.171. The molecule has 0 radical (unpaired) electrons. The Kier molecular flexibility index (Phi) is 13.0. The number of ketones is 1. The van der Waals surface area contributed by atoms with E-state index in [0.29, 0.717) is 0 Å². The summed E-state index contributed by atoms with van der Waals surface area (Å²) >= 11 is 0. The normalized spacial score (nSPS) is 7.20. The smallest absolute Gasteiger partial charge is 0.216 e. The van der Waals surface area contributed by atoms with Gasteiger partial charge >= 0.3 is 0 Å². The predicted octanol–water partition coefficient (Wildman–Crippen LogP) is 2.03. The molecule has 15 heavy (non-hydrogen) atoms. The molecule has 0 saturated carbocycles. The molecule has 0 aliphatic carbocycles. The van der Waals surface area contributed by atoms with Gasteiger partial charge in [0.2, 0.25) is 5.91 Å². The van der Waals surface area contributed by atoms with Gasteiger partial charge in [0.25, 0.3) is 0 Å². The molecule has 0 unspecified atom stereocenters. The first-order valence-electron chi connectivity index (χ1n) is 4.66. The van der Waals surface area contributed by atoms with Gasteiger partial charge in [-0.1, -0.05) is 36.4 Å². The van der Waals surface area contributed by atoms with Gasteiger partial charge in [-0.05, 0) is 13.8 Å². The summed E-state index contributed by atoms with van der Waals surface area (Å²) in [7, 11) is 1.60. The first-order chi connectivity index (χ1) is 7.00. The Morgan fingerprint density at radius 1 is 0.800 bits per heavy atom. The number of benzene rings is 1. The molecule has 0 heterocycles. The zero-order valence-corrected chi connectivity index (χ0v) is 9.78. The number of nitrogens with one attached hydrogen (secondary N) is 1. The SMILES string of the molecule is CC(C)=O.CNC(C)=O.c1ccccc1. The highest BCUT2D eigenvalue weighted by Gasteiger charge is 1.72. The minimum Gasteiger partial charge on any atom is -0.359 e. The van der Waals surface area contributed by atoms with Gasteiger partial charge < -0.3 is 10.1 Å². The first kappa shape index (κ1) is 15.8. The highest BCUT2D eigenvalue weighted by molar-refractivity contribution is 5.72. The van der Waals surface area contributed by atoms with Crippen molar-refractivity contribution in [2.75, 3.05) is 7.05 Å². The number of Topliss-reactive ketones (excluding diaryl/α,β-unsaturated/α-hetero) is 1. The Bertz CT molecular complexity index is 227. The summed E-state index contributed by atoms with van der Waals surface area (Å²) in [6, 6.07) is 12.0. The van der Waals surface area contributed by atoms with E-state index in [0.717, 1.165) is 0 Å². The summed E-state index contributed by atoms with van der Waals surface area (Å²) < 4.78 is 0. The van der Waals surface area contributed by atoms with Crippen molar-refractivity contribution in [1.82, 2.24) is 5.32 Å². The standard InChI is InChI=1S/C6H6.C3H7NO.C3H6O/c1-2-4-6-5-3-1;1-3(5)4-2;1-3(2)4/h1-6H;1-2H3,(H,4,5);1-2H3. The van der Waals surface area contributed by atoms with Crippen LogP contribution in [0.3, 0.4) is 0 Å². The van der Waals surface area contributed by atoms with E-state index in [2.05, 4.69) is 5.32 Å². The molecule has 0 fully saturated rings. The average molecular weight is 209 g/mol. The van der Waals surface area contributed by atoms with Crippen LogP contribution < -0.4 is 5.32 Å².